The molecule has 3 aromatic rings. The summed E-state index contributed by atoms with van der Waals surface area (Å²) in [7, 11) is 1.96. The molecule has 0 amide bonds. The van der Waals surface area contributed by atoms with Gasteiger partial charge in [-0.15, -0.1) is 11.3 Å². The van der Waals surface area contributed by atoms with E-state index in [-0.39, 0.29) is 0 Å². The molecule has 0 fully saturated rings. The number of nitrogens with one attached hydrogen (secondary N) is 1. The average molecular weight is 258 g/mol. The molecule has 1 N–H and O–H groups in total. The zero-order valence-corrected chi connectivity index (χ0v) is 11.2. The van der Waals surface area contributed by atoms with Crippen molar-refractivity contribution in [3.8, 4) is 0 Å². The van der Waals surface area contributed by atoms with Gasteiger partial charge in [-0.1, -0.05) is 0 Å². The van der Waals surface area contributed by atoms with E-state index in [1.807, 2.05) is 30.2 Å². The first-order valence-corrected chi connectivity index (χ1v) is 6.67. The molecule has 3 heterocycles. The minimum Gasteiger partial charge on any atom is -0.365 e. The summed E-state index contributed by atoms with van der Waals surface area (Å²) in [6.07, 6.45) is 3.74. The third kappa shape index (κ3) is 1.86. The van der Waals surface area contributed by atoms with Gasteiger partial charge in [-0.25, -0.2) is 4.98 Å². The second-order valence-electron chi connectivity index (χ2n) is 4.22. The molecule has 18 heavy (non-hydrogen) atoms. The van der Waals surface area contributed by atoms with Crippen molar-refractivity contribution in [3.63, 3.8) is 0 Å². The van der Waals surface area contributed by atoms with Crippen LogP contribution < -0.4 is 5.32 Å². The minimum atomic E-state index is 0.752. The summed E-state index contributed by atoms with van der Waals surface area (Å²) in [5.41, 5.74) is 2.38. The monoisotopic (exact) mass is 258 g/mol. The fourth-order valence-electron chi connectivity index (χ4n) is 1.93. The average Bonchev–Trinajstić information content (AvgIpc) is 2.97. The zero-order chi connectivity index (χ0) is 12.5. The van der Waals surface area contributed by atoms with Crippen LogP contribution in [0.3, 0.4) is 0 Å². The molecule has 3 aromatic heterocycles. The summed E-state index contributed by atoms with van der Waals surface area (Å²) < 4.78 is 3.14. The van der Waals surface area contributed by atoms with Gasteiger partial charge in [0, 0.05) is 41.1 Å². The standard InChI is InChI=1S/C13H14N4S/c1-9-10(8-16-17(9)2)7-15-13-11-4-6-18-12(11)3-5-14-13/h3-6,8H,7H2,1-2H3,(H,14,15). The van der Waals surface area contributed by atoms with Gasteiger partial charge in [-0.2, -0.15) is 5.10 Å². The molecular formula is C13H14N4S. The minimum absolute atomic E-state index is 0.752. The maximum absolute atomic E-state index is 4.40. The van der Waals surface area contributed by atoms with E-state index < -0.39 is 0 Å². The van der Waals surface area contributed by atoms with Gasteiger partial charge >= 0.3 is 0 Å². The van der Waals surface area contributed by atoms with Crippen LogP contribution in [0.5, 0.6) is 0 Å². The van der Waals surface area contributed by atoms with Crippen molar-refractivity contribution in [2.75, 3.05) is 5.32 Å². The lowest BCUT2D eigenvalue weighted by Crippen LogP contribution is -2.03. The van der Waals surface area contributed by atoms with Crippen molar-refractivity contribution in [2.24, 2.45) is 7.05 Å². The summed E-state index contributed by atoms with van der Waals surface area (Å²) in [6.45, 7) is 2.82. The Morgan fingerprint density at radius 2 is 2.28 bits per heavy atom. The van der Waals surface area contributed by atoms with Crippen LogP contribution in [0, 0.1) is 6.92 Å². The highest BCUT2D eigenvalue weighted by Crippen LogP contribution is 2.26. The lowest BCUT2D eigenvalue weighted by atomic mass is 10.2. The van der Waals surface area contributed by atoms with Gasteiger partial charge in [0.15, 0.2) is 0 Å². The topological polar surface area (TPSA) is 42.7 Å². The SMILES string of the molecule is Cc1c(CNc2nccc3sccc23)cnn1C. The first kappa shape index (κ1) is 11.2. The van der Waals surface area contributed by atoms with E-state index >= 15 is 0 Å². The van der Waals surface area contributed by atoms with E-state index in [0.29, 0.717) is 0 Å². The smallest absolute Gasteiger partial charge is 0.134 e. The summed E-state index contributed by atoms with van der Waals surface area (Å²) in [6, 6.07) is 4.14. The Labute approximate surface area is 109 Å². The predicted octanol–water partition coefficient (Wildman–Crippen LogP) is 2.95. The summed E-state index contributed by atoms with van der Waals surface area (Å²) in [4.78, 5) is 4.40. The molecule has 0 saturated heterocycles. The van der Waals surface area contributed by atoms with E-state index in [4.69, 9.17) is 0 Å². The van der Waals surface area contributed by atoms with Gasteiger partial charge in [-0.3, -0.25) is 4.68 Å². The first-order valence-electron chi connectivity index (χ1n) is 5.79. The van der Waals surface area contributed by atoms with Crippen LogP contribution in [0.25, 0.3) is 10.1 Å². The quantitative estimate of drug-likeness (QED) is 0.785. The number of anilines is 1. The highest BCUT2D eigenvalue weighted by molar-refractivity contribution is 7.17. The number of nitrogens with zero attached hydrogens (tertiary/aromatic N) is 3. The molecule has 0 aliphatic heterocycles. The molecular weight excluding hydrogens is 244 g/mol. The molecule has 0 spiro atoms. The van der Waals surface area contributed by atoms with Gasteiger partial charge in [0.25, 0.3) is 0 Å². The molecule has 4 nitrogen and oxygen atoms in total. The second-order valence-corrected chi connectivity index (χ2v) is 5.17. The zero-order valence-electron chi connectivity index (χ0n) is 10.3. The molecule has 0 aliphatic carbocycles. The molecule has 0 saturated carbocycles. The molecule has 0 radical (unpaired) electrons. The number of hydrogen-bond acceptors (Lipinski definition) is 4. The number of aryl methyl sites for hydroxylation is 1. The maximum Gasteiger partial charge on any atom is 0.134 e. The largest absolute Gasteiger partial charge is 0.365 e. The van der Waals surface area contributed by atoms with Crippen LogP contribution in [-0.4, -0.2) is 14.8 Å². The number of thiophene rings is 1. The highest BCUT2D eigenvalue weighted by Gasteiger charge is 2.06. The number of hydrogen-bond donors (Lipinski definition) is 1. The Morgan fingerprint density at radius 1 is 1.39 bits per heavy atom. The molecule has 3 rings (SSSR count). The Hall–Kier alpha value is -1.88. The third-order valence-electron chi connectivity index (χ3n) is 3.16. The van der Waals surface area contributed by atoms with Crippen molar-refractivity contribution in [3.05, 3.63) is 41.2 Å². The summed E-state index contributed by atoms with van der Waals surface area (Å²) in [5, 5.41) is 10.9. The number of aromatic nitrogens is 3. The fourth-order valence-corrected chi connectivity index (χ4v) is 2.71. The molecule has 0 aliphatic rings. The molecule has 0 bridgehead atoms. The highest BCUT2D eigenvalue weighted by atomic mass is 32.1. The summed E-state index contributed by atoms with van der Waals surface area (Å²) in [5.74, 6) is 0.942. The lowest BCUT2D eigenvalue weighted by Gasteiger charge is -2.06. The van der Waals surface area contributed by atoms with Gasteiger partial charge in [-0.05, 0) is 24.4 Å². The van der Waals surface area contributed by atoms with E-state index in [2.05, 4.69) is 33.8 Å². The van der Waals surface area contributed by atoms with Crippen LogP contribution >= 0.6 is 11.3 Å². The van der Waals surface area contributed by atoms with E-state index in [1.165, 1.54) is 21.3 Å². The summed E-state index contributed by atoms with van der Waals surface area (Å²) >= 11 is 1.73. The fraction of sp³-hybridized carbons (Fsp3) is 0.231. The van der Waals surface area contributed by atoms with Crippen LogP contribution in [-0.2, 0) is 13.6 Å². The number of fused-ring (bicyclic) bond motifs is 1. The predicted molar refractivity (Wildman–Crippen MR) is 74.9 cm³/mol. The molecule has 5 heteroatoms. The Kier molecular flexibility index (Phi) is 2.76. The molecule has 0 unspecified atom stereocenters. The number of rotatable bonds is 3. The van der Waals surface area contributed by atoms with Gasteiger partial charge in [0.05, 0.1) is 6.20 Å². The van der Waals surface area contributed by atoms with Gasteiger partial charge in [0.1, 0.15) is 5.82 Å². The maximum atomic E-state index is 4.40. The van der Waals surface area contributed by atoms with Gasteiger partial charge in [0.2, 0.25) is 0 Å². The normalized spacial score (nSPS) is 11.0. The molecule has 0 atom stereocenters. The van der Waals surface area contributed by atoms with Crippen LogP contribution in [0.4, 0.5) is 5.82 Å². The van der Waals surface area contributed by atoms with Crippen molar-refractivity contribution in [1.82, 2.24) is 14.8 Å². The van der Waals surface area contributed by atoms with Crippen molar-refractivity contribution < 1.29 is 0 Å². The van der Waals surface area contributed by atoms with Crippen molar-refractivity contribution in [1.29, 1.82) is 0 Å². The van der Waals surface area contributed by atoms with Gasteiger partial charge < -0.3 is 5.32 Å². The van der Waals surface area contributed by atoms with Crippen molar-refractivity contribution in [2.45, 2.75) is 13.5 Å². The Balaban J connectivity index is 1.85. The van der Waals surface area contributed by atoms with E-state index in [9.17, 15) is 0 Å². The Morgan fingerprint density at radius 3 is 3.06 bits per heavy atom. The van der Waals surface area contributed by atoms with Crippen molar-refractivity contribution >= 4 is 27.2 Å². The third-order valence-corrected chi connectivity index (χ3v) is 4.05. The lowest BCUT2D eigenvalue weighted by molar-refractivity contribution is 0.738. The van der Waals surface area contributed by atoms with Crippen LogP contribution in [0.15, 0.2) is 29.9 Å². The first-order chi connectivity index (χ1) is 8.75. The second kappa shape index (κ2) is 4.42. The molecule has 0 aromatic carbocycles. The van der Waals surface area contributed by atoms with E-state index in [0.717, 1.165) is 12.4 Å². The molecule has 92 valence electrons. The van der Waals surface area contributed by atoms with Crippen LogP contribution in [0.1, 0.15) is 11.3 Å². The number of pyridine rings is 1. The Bertz CT molecular complexity index is 683. The van der Waals surface area contributed by atoms with Crippen LogP contribution in [0.2, 0.25) is 0 Å². The van der Waals surface area contributed by atoms with E-state index in [1.54, 1.807) is 11.3 Å².